The molecule has 0 aromatic heterocycles. The second-order valence-electron chi connectivity index (χ2n) is 2.98. The molecule has 0 saturated heterocycles. The Kier molecular flexibility index (Phi) is 3.69. The van der Waals surface area contributed by atoms with E-state index < -0.39 is 5.91 Å². The number of carbonyl (C=O) groups is 1. The summed E-state index contributed by atoms with van der Waals surface area (Å²) in [6.45, 7) is 5.63. The van der Waals surface area contributed by atoms with Crippen molar-refractivity contribution in [3.63, 3.8) is 0 Å². The highest BCUT2D eigenvalue weighted by Gasteiger charge is 2.07. The number of nitrogens with two attached hydrogens (primary N) is 1. The molecule has 0 unspecified atom stereocenters. The van der Waals surface area contributed by atoms with E-state index in [0.29, 0.717) is 5.56 Å². The van der Waals surface area contributed by atoms with E-state index in [1.54, 1.807) is 18.2 Å². The predicted molar refractivity (Wildman–Crippen MR) is 65.9 cm³/mol. The smallest absolute Gasteiger partial charge is 0.248 e. The van der Waals surface area contributed by atoms with E-state index in [1.807, 2.05) is 13.0 Å². The van der Waals surface area contributed by atoms with E-state index in [4.69, 9.17) is 5.73 Å². The van der Waals surface area contributed by atoms with Crippen LogP contribution < -0.4 is 5.73 Å². The van der Waals surface area contributed by atoms with Gasteiger partial charge in [0.15, 0.2) is 0 Å². The van der Waals surface area contributed by atoms with Crippen LogP contribution in [-0.4, -0.2) is 5.91 Å². The lowest BCUT2D eigenvalue weighted by molar-refractivity contribution is 0.1000. The molecule has 0 fully saturated rings. The molecule has 0 bridgehead atoms. The number of halogens is 1. The lowest BCUT2D eigenvalue weighted by Gasteiger charge is -2.07. The maximum Gasteiger partial charge on any atom is 0.248 e. The van der Waals surface area contributed by atoms with Crippen LogP contribution in [0.4, 0.5) is 0 Å². The zero-order valence-corrected chi connectivity index (χ0v) is 10.0. The van der Waals surface area contributed by atoms with Gasteiger partial charge in [0.2, 0.25) is 5.91 Å². The van der Waals surface area contributed by atoms with Crippen molar-refractivity contribution in [3.8, 4) is 0 Å². The molecule has 2 nitrogen and oxygen atoms in total. The maximum atomic E-state index is 11.0. The van der Waals surface area contributed by atoms with Crippen molar-refractivity contribution < 1.29 is 4.79 Å². The molecule has 1 amide bonds. The fourth-order valence-corrected chi connectivity index (χ4v) is 1.75. The van der Waals surface area contributed by atoms with Gasteiger partial charge in [-0.1, -0.05) is 13.0 Å². The summed E-state index contributed by atoms with van der Waals surface area (Å²) in [7, 11) is 0. The summed E-state index contributed by atoms with van der Waals surface area (Å²) in [5, 5.41) is 0. The van der Waals surface area contributed by atoms with Crippen LogP contribution in [0.3, 0.4) is 0 Å². The van der Waals surface area contributed by atoms with Crippen molar-refractivity contribution in [3.05, 3.63) is 51.5 Å². The number of amides is 1. The molecule has 0 spiro atoms. The van der Waals surface area contributed by atoms with Crippen LogP contribution in [-0.2, 0) is 0 Å². The largest absolute Gasteiger partial charge is 0.366 e. The minimum Gasteiger partial charge on any atom is -0.366 e. The molecule has 2 N–H and O–H groups in total. The molecule has 1 aromatic rings. The normalized spacial score (nSPS) is 10.2. The Hall–Kier alpha value is -0.840. The SMILES string of the molecule is C=C[C](C)c1cc(I)cc(C(N)=O)c1. The van der Waals surface area contributed by atoms with Crippen molar-refractivity contribution >= 4 is 28.5 Å². The van der Waals surface area contributed by atoms with Crippen LogP contribution in [0.15, 0.2) is 30.9 Å². The van der Waals surface area contributed by atoms with Gasteiger partial charge in [0.25, 0.3) is 0 Å². The van der Waals surface area contributed by atoms with Gasteiger partial charge in [-0.3, -0.25) is 4.79 Å². The van der Waals surface area contributed by atoms with Gasteiger partial charge in [-0.25, -0.2) is 0 Å². The zero-order chi connectivity index (χ0) is 10.7. The molecule has 1 rings (SSSR count). The van der Waals surface area contributed by atoms with Crippen molar-refractivity contribution in [2.75, 3.05) is 0 Å². The van der Waals surface area contributed by atoms with E-state index in [0.717, 1.165) is 15.1 Å². The van der Waals surface area contributed by atoms with Crippen LogP contribution in [0.1, 0.15) is 22.8 Å². The molecular weight excluding hydrogens is 289 g/mol. The second-order valence-corrected chi connectivity index (χ2v) is 4.23. The summed E-state index contributed by atoms with van der Waals surface area (Å²) >= 11 is 2.16. The van der Waals surface area contributed by atoms with Crippen LogP contribution in [0.2, 0.25) is 0 Å². The Labute approximate surface area is 97.3 Å². The van der Waals surface area contributed by atoms with Crippen molar-refractivity contribution in [2.45, 2.75) is 6.92 Å². The van der Waals surface area contributed by atoms with Crippen molar-refractivity contribution in [1.82, 2.24) is 0 Å². The predicted octanol–water partition coefficient (Wildman–Crippen LogP) is 2.52. The highest BCUT2D eigenvalue weighted by atomic mass is 127. The minimum atomic E-state index is -0.401. The number of benzene rings is 1. The van der Waals surface area contributed by atoms with E-state index in [2.05, 4.69) is 29.2 Å². The molecule has 0 saturated carbocycles. The van der Waals surface area contributed by atoms with Crippen LogP contribution in [0.5, 0.6) is 0 Å². The molecule has 73 valence electrons. The van der Waals surface area contributed by atoms with Gasteiger partial charge in [-0.15, -0.1) is 6.58 Å². The molecule has 0 heterocycles. The summed E-state index contributed by atoms with van der Waals surface area (Å²) < 4.78 is 0.995. The highest BCUT2D eigenvalue weighted by molar-refractivity contribution is 14.1. The highest BCUT2D eigenvalue weighted by Crippen LogP contribution is 2.19. The number of hydrogen-bond acceptors (Lipinski definition) is 1. The van der Waals surface area contributed by atoms with E-state index in [9.17, 15) is 4.79 Å². The monoisotopic (exact) mass is 300 g/mol. The number of allylic oxidation sites excluding steroid dienone is 1. The van der Waals surface area contributed by atoms with Crippen LogP contribution in [0.25, 0.3) is 0 Å². The Morgan fingerprint density at radius 1 is 1.43 bits per heavy atom. The molecule has 14 heavy (non-hydrogen) atoms. The molecule has 0 aliphatic heterocycles. The molecule has 0 atom stereocenters. The van der Waals surface area contributed by atoms with Gasteiger partial charge in [-0.05, 0) is 46.4 Å². The molecular formula is C11H11INO. The lowest BCUT2D eigenvalue weighted by Crippen LogP contribution is -2.11. The van der Waals surface area contributed by atoms with Crippen LogP contribution >= 0.6 is 22.6 Å². The molecule has 1 radical (unpaired) electrons. The lowest BCUT2D eigenvalue weighted by atomic mass is 9.99. The van der Waals surface area contributed by atoms with Gasteiger partial charge in [0.05, 0.1) is 0 Å². The first-order valence-electron chi connectivity index (χ1n) is 4.11. The number of hydrogen-bond donors (Lipinski definition) is 1. The fourth-order valence-electron chi connectivity index (χ4n) is 1.08. The van der Waals surface area contributed by atoms with E-state index >= 15 is 0 Å². The standard InChI is InChI=1S/C11H11INO/c1-3-7(2)8-4-9(11(13)14)6-10(12)5-8/h3-6H,1H2,2H3,(H2,13,14). The summed E-state index contributed by atoms with van der Waals surface area (Å²) in [6, 6.07) is 5.54. The third-order valence-electron chi connectivity index (χ3n) is 1.94. The summed E-state index contributed by atoms with van der Waals surface area (Å²) in [6.07, 6.45) is 1.76. The third kappa shape index (κ3) is 2.57. The Morgan fingerprint density at radius 3 is 2.50 bits per heavy atom. The zero-order valence-electron chi connectivity index (χ0n) is 7.88. The van der Waals surface area contributed by atoms with Gasteiger partial charge in [0, 0.05) is 15.1 Å². The molecule has 1 aromatic carbocycles. The summed E-state index contributed by atoms with van der Waals surface area (Å²) in [5.74, 6) is 0.632. The van der Waals surface area contributed by atoms with Gasteiger partial charge < -0.3 is 5.73 Å². The number of primary amides is 1. The first-order chi connectivity index (χ1) is 6.54. The molecule has 0 aliphatic rings. The fraction of sp³-hybridized carbons (Fsp3) is 0.0909. The third-order valence-corrected chi connectivity index (χ3v) is 2.57. The molecule has 3 heteroatoms. The van der Waals surface area contributed by atoms with Gasteiger partial charge in [-0.2, -0.15) is 0 Å². The Balaban J connectivity index is 3.19. The van der Waals surface area contributed by atoms with Crippen molar-refractivity contribution in [1.29, 1.82) is 0 Å². The number of rotatable bonds is 3. The van der Waals surface area contributed by atoms with Gasteiger partial charge >= 0.3 is 0 Å². The van der Waals surface area contributed by atoms with Crippen molar-refractivity contribution in [2.24, 2.45) is 5.73 Å². The topological polar surface area (TPSA) is 43.1 Å². The summed E-state index contributed by atoms with van der Waals surface area (Å²) in [5.41, 5.74) is 6.74. The first kappa shape index (κ1) is 11.2. The van der Waals surface area contributed by atoms with Crippen LogP contribution in [0, 0.1) is 9.49 Å². The quantitative estimate of drug-likeness (QED) is 0.856. The maximum absolute atomic E-state index is 11.0. The number of carbonyl (C=O) groups excluding carboxylic acids is 1. The van der Waals surface area contributed by atoms with E-state index in [-0.39, 0.29) is 0 Å². The second kappa shape index (κ2) is 4.59. The summed E-state index contributed by atoms with van der Waals surface area (Å²) in [4.78, 5) is 11.0. The van der Waals surface area contributed by atoms with Gasteiger partial charge in [0.1, 0.15) is 0 Å². The first-order valence-corrected chi connectivity index (χ1v) is 5.19. The average Bonchev–Trinajstić information content (AvgIpc) is 2.15. The Bertz CT molecular complexity index is 374. The molecule has 0 aliphatic carbocycles. The minimum absolute atomic E-state index is 0.401. The Morgan fingerprint density at radius 2 is 2.00 bits per heavy atom. The van der Waals surface area contributed by atoms with E-state index in [1.165, 1.54) is 0 Å². The average molecular weight is 300 g/mol.